The van der Waals surface area contributed by atoms with Crippen molar-refractivity contribution < 1.29 is 4.79 Å². The van der Waals surface area contributed by atoms with Crippen LogP contribution in [-0.4, -0.2) is 34.9 Å². The molecule has 8 rings (SSSR count). The number of halogens is 2. The standard InChI is InChI=1S/C37H28Cl2N4O/c38-25-15-13-24(14-16-25)35-28-18-26(39)19-30-32(28)33(36-27(12-7-17-43(35)36)22-8-3-1-4-9-22)34(41-30)37(44)42-31-21-40-20-29(31)23-10-5-2-6-11-23/h1-6,8-19,29,31,35,40-41H,20-21H2,(H,42,44). The zero-order valence-electron chi connectivity index (χ0n) is 23.6. The molecular weight excluding hydrogens is 587 g/mol. The maximum absolute atomic E-state index is 14.4. The number of aromatic amines is 1. The normalized spacial score (nSPS) is 20.3. The second kappa shape index (κ2) is 10.9. The van der Waals surface area contributed by atoms with Crippen LogP contribution in [0.15, 0.2) is 115 Å². The summed E-state index contributed by atoms with van der Waals surface area (Å²) in [4.78, 5) is 20.1. The Labute approximate surface area is 265 Å². The predicted molar refractivity (Wildman–Crippen MR) is 178 cm³/mol. The van der Waals surface area contributed by atoms with E-state index in [2.05, 4.69) is 50.5 Å². The van der Waals surface area contributed by atoms with Crippen LogP contribution in [0, 0.1) is 0 Å². The Balaban J connectivity index is 1.33. The van der Waals surface area contributed by atoms with Gasteiger partial charge in [-0.15, -0.1) is 5.73 Å². The van der Waals surface area contributed by atoms with Crippen LogP contribution in [0.2, 0.25) is 10.0 Å². The van der Waals surface area contributed by atoms with E-state index in [0.717, 1.165) is 51.0 Å². The van der Waals surface area contributed by atoms with E-state index in [1.165, 1.54) is 5.56 Å². The predicted octanol–water partition coefficient (Wildman–Crippen LogP) is 7.92. The third-order valence-corrected chi connectivity index (χ3v) is 9.38. The van der Waals surface area contributed by atoms with Crippen LogP contribution in [-0.2, 0) is 0 Å². The fraction of sp³-hybridized carbons (Fsp3) is 0.135. The Morgan fingerprint density at radius 2 is 1.61 bits per heavy atom. The Kier molecular flexibility index (Phi) is 6.70. The number of hydrogen-bond donors (Lipinski definition) is 3. The lowest BCUT2D eigenvalue weighted by Gasteiger charge is -2.39. The van der Waals surface area contributed by atoms with Crippen LogP contribution in [0.4, 0.5) is 0 Å². The van der Waals surface area contributed by atoms with Gasteiger partial charge < -0.3 is 20.5 Å². The van der Waals surface area contributed by atoms with Gasteiger partial charge >= 0.3 is 0 Å². The van der Waals surface area contributed by atoms with E-state index >= 15 is 0 Å². The molecule has 1 aromatic heterocycles. The highest BCUT2D eigenvalue weighted by Crippen LogP contribution is 2.51. The first kappa shape index (κ1) is 27.1. The molecule has 4 heterocycles. The number of carbonyl (C=O) groups excluding carboxylic acids is 1. The molecule has 3 atom stereocenters. The number of H-pyrrole nitrogens is 1. The first-order valence-electron chi connectivity index (χ1n) is 14.7. The summed E-state index contributed by atoms with van der Waals surface area (Å²) >= 11 is 13.1. The molecule has 216 valence electrons. The third-order valence-electron chi connectivity index (χ3n) is 8.91. The summed E-state index contributed by atoms with van der Waals surface area (Å²) < 4.78 is 0. The topological polar surface area (TPSA) is 60.2 Å². The molecule has 0 bridgehead atoms. The van der Waals surface area contributed by atoms with Gasteiger partial charge in [-0.1, -0.05) is 96.0 Å². The number of carbonyl (C=O) groups is 1. The zero-order valence-corrected chi connectivity index (χ0v) is 25.2. The Hall–Kier alpha value is -4.51. The van der Waals surface area contributed by atoms with Crippen molar-refractivity contribution in [2.45, 2.75) is 18.0 Å². The van der Waals surface area contributed by atoms with Crippen LogP contribution in [0.1, 0.15) is 50.3 Å². The summed E-state index contributed by atoms with van der Waals surface area (Å²) in [6.07, 6.45) is 3.98. The molecule has 3 N–H and O–H groups in total. The van der Waals surface area contributed by atoms with Gasteiger partial charge in [-0.05, 0) is 52.6 Å². The number of fused-ring (bicyclic) bond motifs is 2. The zero-order chi connectivity index (χ0) is 29.8. The number of rotatable bonds is 5. The molecule has 44 heavy (non-hydrogen) atoms. The number of benzene rings is 4. The summed E-state index contributed by atoms with van der Waals surface area (Å²) in [5, 5.41) is 9.12. The summed E-state index contributed by atoms with van der Waals surface area (Å²) in [6.45, 7) is 1.51. The molecule has 0 radical (unpaired) electrons. The minimum Gasteiger partial charge on any atom is -0.350 e. The van der Waals surface area contributed by atoms with E-state index in [9.17, 15) is 4.79 Å². The van der Waals surface area contributed by atoms with Gasteiger partial charge in [0.25, 0.3) is 5.91 Å². The van der Waals surface area contributed by atoms with Gasteiger partial charge in [-0.2, -0.15) is 0 Å². The third kappa shape index (κ3) is 4.49. The van der Waals surface area contributed by atoms with Crippen LogP contribution in [0.5, 0.6) is 0 Å². The van der Waals surface area contributed by atoms with Gasteiger partial charge in [-0.3, -0.25) is 4.79 Å². The van der Waals surface area contributed by atoms with Crippen LogP contribution in [0.3, 0.4) is 0 Å². The van der Waals surface area contributed by atoms with Gasteiger partial charge in [-0.25, -0.2) is 0 Å². The van der Waals surface area contributed by atoms with E-state index < -0.39 is 0 Å². The molecule has 5 aromatic rings. The van der Waals surface area contributed by atoms with Crippen molar-refractivity contribution in [3.05, 3.63) is 159 Å². The Morgan fingerprint density at radius 1 is 0.864 bits per heavy atom. The van der Waals surface area contributed by atoms with Crippen LogP contribution >= 0.6 is 23.2 Å². The van der Waals surface area contributed by atoms with Crippen molar-refractivity contribution in [2.75, 3.05) is 13.1 Å². The lowest BCUT2D eigenvalue weighted by atomic mass is 9.84. The average Bonchev–Trinajstić information content (AvgIpc) is 3.68. The summed E-state index contributed by atoms with van der Waals surface area (Å²) in [6, 6.07) is 32.2. The molecule has 3 aliphatic heterocycles. The van der Waals surface area contributed by atoms with Crippen molar-refractivity contribution in [2.24, 2.45) is 0 Å². The number of aromatic nitrogens is 1. The summed E-state index contributed by atoms with van der Waals surface area (Å²) in [5.74, 6) is 0.0348. The van der Waals surface area contributed by atoms with E-state index in [1.54, 1.807) is 0 Å². The highest BCUT2D eigenvalue weighted by molar-refractivity contribution is 6.32. The highest BCUT2D eigenvalue weighted by Gasteiger charge is 2.39. The molecular formula is C37H28Cl2N4O. The number of nitrogens with one attached hydrogen (secondary N) is 3. The lowest BCUT2D eigenvalue weighted by Crippen LogP contribution is -2.40. The van der Waals surface area contributed by atoms with E-state index in [1.807, 2.05) is 85.1 Å². The SMILES string of the molecule is O=C(NC1CNCC1c1ccccc1)c1[nH]c2cc(Cl)cc3c2c1C1=C(c2ccccc2)C=C=CN1C3c1ccc(Cl)cc1. The molecule has 7 heteroatoms. The fourth-order valence-corrected chi connectivity index (χ4v) is 7.34. The van der Waals surface area contributed by atoms with Crippen molar-refractivity contribution in [1.29, 1.82) is 0 Å². The fourth-order valence-electron chi connectivity index (χ4n) is 6.99. The number of hydrogen-bond acceptors (Lipinski definition) is 3. The van der Waals surface area contributed by atoms with Gasteiger partial charge in [0.2, 0.25) is 0 Å². The van der Waals surface area contributed by atoms with Gasteiger partial charge in [0, 0.05) is 63.3 Å². The molecule has 3 unspecified atom stereocenters. The quantitative estimate of drug-likeness (QED) is 0.176. The van der Waals surface area contributed by atoms with E-state index in [-0.39, 0.29) is 23.9 Å². The maximum Gasteiger partial charge on any atom is 0.268 e. The van der Waals surface area contributed by atoms with Gasteiger partial charge in [0.1, 0.15) is 5.69 Å². The second-order valence-electron chi connectivity index (χ2n) is 11.5. The molecule has 5 nitrogen and oxygen atoms in total. The Bertz CT molecular complexity index is 2010. The number of amides is 1. The molecule has 3 aliphatic rings. The number of allylic oxidation sites excluding steroid dienone is 2. The summed E-state index contributed by atoms with van der Waals surface area (Å²) in [7, 11) is 0. The van der Waals surface area contributed by atoms with Crippen molar-refractivity contribution in [3.63, 3.8) is 0 Å². The van der Waals surface area contributed by atoms with E-state index in [0.29, 0.717) is 22.3 Å². The first-order chi connectivity index (χ1) is 21.6. The van der Waals surface area contributed by atoms with Gasteiger partial charge in [0.05, 0.1) is 11.7 Å². The smallest absolute Gasteiger partial charge is 0.268 e. The second-order valence-corrected chi connectivity index (χ2v) is 12.4. The molecule has 0 spiro atoms. The summed E-state index contributed by atoms with van der Waals surface area (Å²) in [5.41, 5.74) is 11.9. The first-order valence-corrected chi connectivity index (χ1v) is 15.5. The largest absolute Gasteiger partial charge is 0.350 e. The Morgan fingerprint density at radius 3 is 2.39 bits per heavy atom. The monoisotopic (exact) mass is 614 g/mol. The van der Waals surface area contributed by atoms with Crippen LogP contribution in [0.25, 0.3) is 22.2 Å². The molecule has 1 fully saturated rings. The van der Waals surface area contributed by atoms with Gasteiger partial charge in [0.15, 0.2) is 0 Å². The minimum atomic E-state index is -0.205. The lowest BCUT2D eigenvalue weighted by molar-refractivity contribution is 0.0932. The maximum atomic E-state index is 14.4. The molecule has 0 saturated carbocycles. The molecule has 1 amide bonds. The minimum absolute atomic E-state index is 0.0539. The van der Waals surface area contributed by atoms with E-state index in [4.69, 9.17) is 23.2 Å². The highest BCUT2D eigenvalue weighted by atomic mass is 35.5. The van der Waals surface area contributed by atoms with Crippen molar-refractivity contribution in [3.8, 4) is 0 Å². The molecule has 4 aromatic carbocycles. The average molecular weight is 616 g/mol. The molecule has 1 saturated heterocycles. The number of nitrogens with zero attached hydrogens (tertiary/aromatic N) is 1. The van der Waals surface area contributed by atoms with Crippen LogP contribution < -0.4 is 10.6 Å². The molecule has 0 aliphatic carbocycles. The van der Waals surface area contributed by atoms with Crippen molar-refractivity contribution >= 4 is 51.3 Å². The van der Waals surface area contributed by atoms with Crippen molar-refractivity contribution in [1.82, 2.24) is 20.5 Å².